The molecule has 0 saturated carbocycles. The summed E-state index contributed by atoms with van der Waals surface area (Å²) in [6.07, 6.45) is 0. The molecule has 0 spiro atoms. The van der Waals surface area contributed by atoms with E-state index in [4.69, 9.17) is 10.5 Å². The highest BCUT2D eigenvalue weighted by Gasteiger charge is 2.00. The molecule has 1 N–H and O–H groups in total. The Labute approximate surface area is 69.3 Å². The van der Waals surface area contributed by atoms with Gasteiger partial charge in [0.15, 0.2) is 0 Å². The van der Waals surface area contributed by atoms with E-state index in [1.54, 1.807) is 13.1 Å². The van der Waals surface area contributed by atoms with Crippen LogP contribution >= 0.6 is 0 Å². The van der Waals surface area contributed by atoms with Crippen molar-refractivity contribution in [3.05, 3.63) is 17.6 Å². The first-order valence-corrected chi connectivity index (χ1v) is 3.17. The first-order chi connectivity index (χ1) is 5.80. The maximum atomic E-state index is 8.50. The van der Waals surface area contributed by atoms with Gasteiger partial charge in [-0.3, -0.25) is 0 Å². The molecule has 1 heterocycles. The fraction of sp³-hybridized carbons (Fsp3) is 0.143. The highest BCUT2D eigenvalue weighted by molar-refractivity contribution is 5.40. The van der Waals surface area contributed by atoms with Gasteiger partial charge < -0.3 is 5.32 Å². The topological polar surface area (TPSA) is 85.4 Å². The first-order valence-electron chi connectivity index (χ1n) is 3.17. The van der Waals surface area contributed by atoms with Crippen molar-refractivity contribution >= 4 is 5.82 Å². The van der Waals surface area contributed by atoms with Crippen LogP contribution in [0.4, 0.5) is 5.82 Å². The van der Waals surface area contributed by atoms with Crippen molar-refractivity contribution in [1.82, 2.24) is 9.97 Å². The zero-order valence-corrected chi connectivity index (χ0v) is 6.37. The van der Waals surface area contributed by atoms with E-state index in [9.17, 15) is 0 Å². The summed E-state index contributed by atoms with van der Waals surface area (Å²) in [4.78, 5) is 7.43. The van der Waals surface area contributed by atoms with E-state index < -0.39 is 0 Å². The van der Waals surface area contributed by atoms with E-state index in [2.05, 4.69) is 15.3 Å². The van der Waals surface area contributed by atoms with Crippen LogP contribution in [0.2, 0.25) is 0 Å². The monoisotopic (exact) mass is 159 g/mol. The molecular weight excluding hydrogens is 154 g/mol. The number of hydrogen-bond acceptors (Lipinski definition) is 5. The summed E-state index contributed by atoms with van der Waals surface area (Å²) in [5.41, 5.74) is 0.186. The summed E-state index contributed by atoms with van der Waals surface area (Å²) in [5, 5.41) is 19.7. The lowest BCUT2D eigenvalue weighted by Gasteiger charge is -1.97. The summed E-state index contributed by atoms with van der Waals surface area (Å²) in [5.74, 6) is 0.469. The zero-order valence-electron chi connectivity index (χ0n) is 6.37. The van der Waals surface area contributed by atoms with Gasteiger partial charge in [0.1, 0.15) is 23.7 Å². The average molecular weight is 159 g/mol. The van der Waals surface area contributed by atoms with Crippen molar-refractivity contribution in [3.8, 4) is 12.1 Å². The number of anilines is 1. The van der Waals surface area contributed by atoms with E-state index in [-0.39, 0.29) is 11.5 Å². The van der Waals surface area contributed by atoms with Crippen molar-refractivity contribution in [1.29, 1.82) is 10.5 Å². The summed E-state index contributed by atoms with van der Waals surface area (Å²) in [7, 11) is 1.66. The summed E-state index contributed by atoms with van der Waals surface area (Å²) in [6, 6.07) is 5.07. The summed E-state index contributed by atoms with van der Waals surface area (Å²) >= 11 is 0. The highest BCUT2D eigenvalue weighted by Crippen LogP contribution is 2.03. The molecule has 0 unspecified atom stereocenters. The second-order valence-electron chi connectivity index (χ2n) is 1.94. The zero-order chi connectivity index (χ0) is 8.97. The predicted octanol–water partition coefficient (Wildman–Crippen LogP) is 0.262. The van der Waals surface area contributed by atoms with Crippen molar-refractivity contribution in [2.24, 2.45) is 0 Å². The fourth-order valence-corrected chi connectivity index (χ4v) is 0.683. The molecule has 0 atom stereocenters. The lowest BCUT2D eigenvalue weighted by molar-refractivity contribution is 1.09. The van der Waals surface area contributed by atoms with Crippen molar-refractivity contribution in [3.63, 3.8) is 0 Å². The van der Waals surface area contributed by atoms with Crippen molar-refractivity contribution < 1.29 is 0 Å². The Kier molecular flexibility index (Phi) is 2.20. The molecule has 0 fully saturated rings. The van der Waals surface area contributed by atoms with Gasteiger partial charge in [-0.05, 0) is 0 Å². The number of nitrogens with one attached hydrogen (secondary N) is 1. The minimum atomic E-state index is -0.00148. The van der Waals surface area contributed by atoms with E-state index in [0.29, 0.717) is 5.82 Å². The van der Waals surface area contributed by atoms with E-state index >= 15 is 0 Å². The molecule has 58 valence electrons. The van der Waals surface area contributed by atoms with Crippen LogP contribution < -0.4 is 5.32 Å². The Morgan fingerprint density at radius 2 is 2.08 bits per heavy atom. The Balaban J connectivity index is 3.24. The summed E-state index contributed by atoms with van der Waals surface area (Å²) in [6.45, 7) is 0. The van der Waals surface area contributed by atoms with Gasteiger partial charge in [-0.15, -0.1) is 0 Å². The first kappa shape index (κ1) is 7.96. The van der Waals surface area contributed by atoms with Crippen LogP contribution in [0.5, 0.6) is 0 Å². The molecule has 0 aromatic carbocycles. The third-order valence-corrected chi connectivity index (χ3v) is 1.20. The van der Waals surface area contributed by atoms with Gasteiger partial charge >= 0.3 is 0 Å². The molecule has 0 aliphatic rings. The molecule has 0 aliphatic heterocycles. The Bertz CT molecular complexity index is 338. The van der Waals surface area contributed by atoms with Gasteiger partial charge in [0, 0.05) is 13.1 Å². The van der Waals surface area contributed by atoms with Crippen LogP contribution in [0, 0.1) is 22.7 Å². The smallest absolute Gasteiger partial charge is 0.235 e. The largest absolute Gasteiger partial charge is 0.373 e. The lowest BCUT2D eigenvalue weighted by Crippen LogP contribution is -1.98. The normalized spacial score (nSPS) is 8.25. The molecule has 5 nitrogen and oxygen atoms in total. The third-order valence-electron chi connectivity index (χ3n) is 1.20. The van der Waals surface area contributed by atoms with E-state index in [0.717, 1.165) is 0 Å². The number of nitriles is 2. The highest BCUT2D eigenvalue weighted by atomic mass is 15.0. The van der Waals surface area contributed by atoms with Gasteiger partial charge in [-0.2, -0.15) is 10.5 Å². The number of hydrogen-bond donors (Lipinski definition) is 1. The molecule has 0 amide bonds. The van der Waals surface area contributed by atoms with Crippen LogP contribution in [0.1, 0.15) is 11.5 Å². The maximum Gasteiger partial charge on any atom is 0.235 e. The van der Waals surface area contributed by atoms with Crippen molar-refractivity contribution in [2.45, 2.75) is 0 Å². The number of aromatic nitrogens is 2. The molecule has 0 radical (unpaired) electrons. The maximum absolute atomic E-state index is 8.50. The number of rotatable bonds is 1. The lowest BCUT2D eigenvalue weighted by atomic mass is 10.4. The van der Waals surface area contributed by atoms with Gasteiger partial charge in [0.05, 0.1) is 0 Å². The Morgan fingerprint density at radius 1 is 1.33 bits per heavy atom. The van der Waals surface area contributed by atoms with Crippen LogP contribution in [0.25, 0.3) is 0 Å². The minimum absolute atomic E-state index is 0.00148. The SMILES string of the molecule is CNc1cc(C#N)nc(C#N)n1. The van der Waals surface area contributed by atoms with Crippen LogP contribution in [-0.2, 0) is 0 Å². The van der Waals surface area contributed by atoms with Crippen LogP contribution in [0.15, 0.2) is 6.07 Å². The van der Waals surface area contributed by atoms with Gasteiger partial charge in [0.25, 0.3) is 0 Å². The van der Waals surface area contributed by atoms with Gasteiger partial charge in [0.2, 0.25) is 5.82 Å². The standard InChI is InChI=1S/C7H5N5/c1-10-6-2-5(3-8)11-7(4-9)12-6/h2H,1H3,(H,10,11,12). The molecule has 12 heavy (non-hydrogen) atoms. The molecular formula is C7H5N5. The molecule has 1 rings (SSSR count). The minimum Gasteiger partial charge on any atom is -0.373 e. The molecule has 0 saturated heterocycles. The molecule has 0 aliphatic carbocycles. The molecule has 5 heteroatoms. The Morgan fingerprint density at radius 3 is 2.58 bits per heavy atom. The van der Waals surface area contributed by atoms with Gasteiger partial charge in [-0.1, -0.05) is 0 Å². The number of nitrogens with zero attached hydrogens (tertiary/aromatic N) is 4. The second-order valence-corrected chi connectivity index (χ2v) is 1.94. The fourth-order valence-electron chi connectivity index (χ4n) is 0.683. The van der Waals surface area contributed by atoms with Gasteiger partial charge in [-0.25, -0.2) is 9.97 Å². The van der Waals surface area contributed by atoms with Crippen LogP contribution in [-0.4, -0.2) is 17.0 Å². The van der Waals surface area contributed by atoms with Crippen molar-refractivity contribution in [2.75, 3.05) is 12.4 Å². The van der Waals surface area contributed by atoms with E-state index in [1.807, 2.05) is 6.07 Å². The Hall–Kier alpha value is -2.14. The summed E-state index contributed by atoms with van der Waals surface area (Å²) < 4.78 is 0. The quantitative estimate of drug-likeness (QED) is 0.635. The predicted molar refractivity (Wildman–Crippen MR) is 41.0 cm³/mol. The molecule has 1 aromatic heterocycles. The third kappa shape index (κ3) is 1.47. The average Bonchev–Trinajstić information content (AvgIpc) is 2.16. The molecule has 1 aromatic rings. The second kappa shape index (κ2) is 3.31. The molecule has 0 bridgehead atoms. The van der Waals surface area contributed by atoms with E-state index in [1.165, 1.54) is 6.07 Å². The van der Waals surface area contributed by atoms with Crippen LogP contribution in [0.3, 0.4) is 0 Å².